The number of rotatable bonds is 2. The third kappa shape index (κ3) is 1.88. The Labute approximate surface area is 106 Å². The molecule has 1 aliphatic rings. The second-order valence-electron chi connectivity index (χ2n) is 4.89. The molecule has 4 heteroatoms. The summed E-state index contributed by atoms with van der Waals surface area (Å²) in [5, 5.41) is 0. The van der Waals surface area contributed by atoms with Crippen molar-refractivity contribution in [2.45, 2.75) is 19.5 Å². The third-order valence-corrected chi connectivity index (χ3v) is 3.37. The predicted molar refractivity (Wildman–Crippen MR) is 71.6 cm³/mol. The summed E-state index contributed by atoms with van der Waals surface area (Å²) in [4.78, 5) is 6.54. The Morgan fingerprint density at radius 1 is 1.44 bits per heavy atom. The van der Waals surface area contributed by atoms with Crippen molar-refractivity contribution in [1.29, 1.82) is 0 Å². The van der Waals surface area contributed by atoms with E-state index >= 15 is 0 Å². The van der Waals surface area contributed by atoms with Crippen LogP contribution in [0.25, 0.3) is 11.2 Å². The summed E-state index contributed by atoms with van der Waals surface area (Å²) < 4.78 is 15.2. The smallest absolute Gasteiger partial charge is 0.137 e. The molecule has 2 aromatic rings. The first kappa shape index (κ1) is 11.3. The lowest BCUT2D eigenvalue weighted by Crippen LogP contribution is -2.20. The minimum atomic E-state index is -0.700. The van der Waals surface area contributed by atoms with E-state index in [0.29, 0.717) is 13.0 Å². The van der Waals surface area contributed by atoms with Crippen LogP contribution in [0.3, 0.4) is 0 Å². The van der Waals surface area contributed by atoms with Gasteiger partial charge in [0, 0.05) is 25.5 Å². The number of aromatic nitrogens is 2. The van der Waals surface area contributed by atoms with Crippen molar-refractivity contribution in [3.8, 4) is 0 Å². The van der Waals surface area contributed by atoms with Crippen LogP contribution in [0.1, 0.15) is 19.0 Å². The molecule has 1 fully saturated rings. The number of imidazole rings is 1. The number of pyridine rings is 1. The van der Waals surface area contributed by atoms with Gasteiger partial charge in [0.1, 0.15) is 11.8 Å². The van der Waals surface area contributed by atoms with Crippen LogP contribution in [-0.2, 0) is 0 Å². The van der Waals surface area contributed by atoms with Gasteiger partial charge < -0.3 is 9.30 Å². The average Bonchev–Trinajstić information content (AvgIpc) is 2.93. The molecule has 0 spiro atoms. The van der Waals surface area contributed by atoms with Gasteiger partial charge in [-0.1, -0.05) is 6.58 Å². The molecule has 0 amide bonds. The molecule has 0 aliphatic carbocycles. The van der Waals surface area contributed by atoms with E-state index in [4.69, 9.17) is 0 Å². The van der Waals surface area contributed by atoms with E-state index in [-0.39, 0.29) is 0 Å². The topological polar surface area (TPSA) is 20.5 Å². The molecule has 1 saturated heterocycles. The minimum absolute atomic E-state index is 0.494. The van der Waals surface area contributed by atoms with Gasteiger partial charge in [0.25, 0.3) is 0 Å². The molecule has 3 rings (SSSR count). The normalized spacial score (nSPS) is 19.7. The fourth-order valence-electron chi connectivity index (χ4n) is 2.32. The highest BCUT2D eigenvalue weighted by Crippen LogP contribution is 2.23. The molecule has 0 bridgehead atoms. The van der Waals surface area contributed by atoms with Crippen molar-refractivity contribution in [3.05, 3.63) is 36.8 Å². The molecule has 0 radical (unpaired) electrons. The average molecular weight is 245 g/mol. The number of alkyl halides is 1. The monoisotopic (exact) mass is 245 g/mol. The van der Waals surface area contributed by atoms with Crippen molar-refractivity contribution >= 4 is 16.9 Å². The quantitative estimate of drug-likeness (QED) is 0.811. The zero-order valence-electron chi connectivity index (χ0n) is 10.4. The Morgan fingerprint density at radius 2 is 2.28 bits per heavy atom. The van der Waals surface area contributed by atoms with E-state index in [2.05, 4.69) is 16.5 Å². The predicted octanol–water partition coefficient (Wildman–Crippen LogP) is 2.92. The van der Waals surface area contributed by atoms with Gasteiger partial charge in [-0.15, -0.1) is 0 Å². The maximum Gasteiger partial charge on any atom is 0.137 e. The van der Waals surface area contributed by atoms with Gasteiger partial charge in [-0.05, 0) is 31.1 Å². The number of halogens is 1. The molecule has 1 aliphatic heterocycles. The molecule has 0 saturated carbocycles. The van der Waals surface area contributed by atoms with Gasteiger partial charge >= 0.3 is 0 Å². The SMILES string of the molecule is C=C(C)c1cn2cc(N3CCC(F)C3)ccc2n1. The number of allylic oxidation sites excluding steroid dienone is 1. The van der Waals surface area contributed by atoms with Crippen LogP contribution < -0.4 is 4.90 Å². The highest BCUT2D eigenvalue weighted by molar-refractivity contribution is 5.62. The largest absolute Gasteiger partial charge is 0.367 e. The number of anilines is 1. The summed E-state index contributed by atoms with van der Waals surface area (Å²) in [6, 6.07) is 3.97. The van der Waals surface area contributed by atoms with Crippen molar-refractivity contribution in [2.75, 3.05) is 18.0 Å². The maximum atomic E-state index is 13.2. The summed E-state index contributed by atoms with van der Waals surface area (Å²) in [5.41, 5.74) is 3.79. The highest BCUT2D eigenvalue weighted by Gasteiger charge is 2.22. The zero-order valence-corrected chi connectivity index (χ0v) is 10.4. The van der Waals surface area contributed by atoms with Gasteiger partial charge in [0.05, 0.1) is 11.4 Å². The fraction of sp³-hybridized carbons (Fsp3) is 0.357. The first-order valence-electron chi connectivity index (χ1n) is 6.17. The summed E-state index contributed by atoms with van der Waals surface area (Å²) in [6.07, 6.45) is 3.89. The van der Waals surface area contributed by atoms with E-state index in [1.54, 1.807) is 0 Å². The Bertz CT molecular complexity index is 602. The summed E-state index contributed by atoms with van der Waals surface area (Å²) >= 11 is 0. The van der Waals surface area contributed by atoms with Gasteiger partial charge in [-0.25, -0.2) is 9.37 Å². The molecule has 18 heavy (non-hydrogen) atoms. The standard InChI is InChI=1S/C14H16FN3/c1-10(2)13-9-18-8-12(3-4-14(18)16-13)17-6-5-11(15)7-17/h3-4,8-9,11H,1,5-7H2,2H3. The van der Waals surface area contributed by atoms with Gasteiger partial charge in [-0.2, -0.15) is 0 Å². The van der Waals surface area contributed by atoms with E-state index < -0.39 is 6.17 Å². The maximum absolute atomic E-state index is 13.2. The molecule has 1 atom stereocenters. The molecule has 0 N–H and O–H groups in total. The first-order valence-corrected chi connectivity index (χ1v) is 6.17. The minimum Gasteiger partial charge on any atom is -0.367 e. The highest BCUT2D eigenvalue weighted by atomic mass is 19.1. The second-order valence-corrected chi connectivity index (χ2v) is 4.89. The number of hydrogen-bond acceptors (Lipinski definition) is 2. The molecule has 94 valence electrons. The number of nitrogens with zero attached hydrogens (tertiary/aromatic N) is 3. The summed E-state index contributed by atoms with van der Waals surface area (Å²) in [5.74, 6) is 0. The Kier molecular flexibility index (Phi) is 2.58. The molecule has 3 nitrogen and oxygen atoms in total. The molecule has 2 aromatic heterocycles. The van der Waals surface area contributed by atoms with E-state index in [1.165, 1.54) is 0 Å². The fourth-order valence-corrected chi connectivity index (χ4v) is 2.32. The van der Waals surface area contributed by atoms with Crippen molar-refractivity contribution in [1.82, 2.24) is 9.38 Å². The molecular weight excluding hydrogens is 229 g/mol. The second kappa shape index (κ2) is 4.12. The molecule has 1 unspecified atom stereocenters. The Morgan fingerprint density at radius 3 is 2.94 bits per heavy atom. The Balaban J connectivity index is 1.97. The van der Waals surface area contributed by atoms with Gasteiger partial charge in [-0.3, -0.25) is 0 Å². The molecular formula is C14H16FN3. The lowest BCUT2D eigenvalue weighted by Gasteiger charge is -2.17. The van der Waals surface area contributed by atoms with E-state index in [1.807, 2.05) is 35.9 Å². The summed E-state index contributed by atoms with van der Waals surface area (Å²) in [7, 11) is 0. The van der Waals surface area contributed by atoms with Crippen LogP contribution >= 0.6 is 0 Å². The lowest BCUT2D eigenvalue weighted by atomic mass is 10.3. The van der Waals surface area contributed by atoms with Crippen LogP contribution in [0.5, 0.6) is 0 Å². The van der Waals surface area contributed by atoms with Crippen LogP contribution in [0, 0.1) is 0 Å². The Hall–Kier alpha value is -1.84. The van der Waals surface area contributed by atoms with Crippen molar-refractivity contribution in [3.63, 3.8) is 0 Å². The third-order valence-electron chi connectivity index (χ3n) is 3.37. The van der Waals surface area contributed by atoms with E-state index in [9.17, 15) is 4.39 Å². The van der Waals surface area contributed by atoms with Crippen LogP contribution in [0.2, 0.25) is 0 Å². The molecule has 3 heterocycles. The number of hydrogen-bond donors (Lipinski definition) is 0. The zero-order chi connectivity index (χ0) is 12.7. The van der Waals surface area contributed by atoms with Crippen LogP contribution in [0.15, 0.2) is 31.1 Å². The first-order chi connectivity index (χ1) is 8.63. The lowest BCUT2D eigenvalue weighted by molar-refractivity contribution is 0.364. The van der Waals surface area contributed by atoms with Crippen LogP contribution in [0.4, 0.5) is 10.1 Å². The summed E-state index contributed by atoms with van der Waals surface area (Å²) in [6.45, 7) is 7.12. The van der Waals surface area contributed by atoms with Crippen molar-refractivity contribution < 1.29 is 4.39 Å². The molecule has 0 aromatic carbocycles. The van der Waals surface area contributed by atoms with Gasteiger partial charge in [0.2, 0.25) is 0 Å². The van der Waals surface area contributed by atoms with E-state index in [0.717, 1.165) is 29.1 Å². The number of fused-ring (bicyclic) bond motifs is 1. The van der Waals surface area contributed by atoms with Crippen molar-refractivity contribution in [2.24, 2.45) is 0 Å². The van der Waals surface area contributed by atoms with Gasteiger partial charge in [0.15, 0.2) is 0 Å². The van der Waals surface area contributed by atoms with Crippen LogP contribution in [-0.4, -0.2) is 28.6 Å².